The molecule has 0 bridgehead atoms. The van der Waals surface area contributed by atoms with Crippen molar-refractivity contribution in [2.75, 3.05) is 19.6 Å². The number of ketones is 1. The molecule has 4 amide bonds. The quantitative estimate of drug-likeness (QED) is 0.466. The number of aromatic nitrogens is 1. The molecule has 2 aliphatic rings. The Morgan fingerprint density at radius 3 is 2.48 bits per heavy atom. The van der Waals surface area contributed by atoms with Crippen molar-refractivity contribution in [1.29, 1.82) is 0 Å². The van der Waals surface area contributed by atoms with E-state index in [1.165, 1.54) is 12.3 Å². The highest BCUT2D eigenvalue weighted by atomic mass is 16.2. The van der Waals surface area contributed by atoms with Crippen molar-refractivity contribution in [3.8, 4) is 0 Å². The number of likely N-dealkylation sites (tertiary alicyclic amines) is 1. The zero-order chi connectivity index (χ0) is 23.2. The average Bonchev–Trinajstić information content (AvgIpc) is 3.57. The van der Waals surface area contributed by atoms with E-state index in [0.29, 0.717) is 24.3 Å². The summed E-state index contributed by atoms with van der Waals surface area (Å²) in [7, 11) is 0. The lowest BCUT2D eigenvalue weighted by molar-refractivity contribution is -0.130. The van der Waals surface area contributed by atoms with Crippen molar-refractivity contribution in [1.82, 2.24) is 20.1 Å². The fourth-order valence-corrected chi connectivity index (χ4v) is 4.54. The van der Waals surface area contributed by atoms with Gasteiger partial charge < -0.3 is 15.2 Å². The lowest BCUT2D eigenvalue weighted by Gasteiger charge is -2.22. The number of imide groups is 1. The smallest absolute Gasteiger partial charge is 0.325 e. The van der Waals surface area contributed by atoms with Gasteiger partial charge in [-0.05, 0) is 48.2 Å². The summed E-state index contributed by atoms with van der Waals surface area (Å²) in [5, 5.41) is 4.73. The molecule has 0 saturated carbocycles. The Morgan fingerprint density at radius 1 is 1.00 bits per heavy atom. The van der Waals surface area contributed by atoms with Crippen molar-refractivity contribution in [2.45, 2.75) is 25.3 Å². The fraction of sp³-hybridized carbons (Fsp3) is 0.280. The van der Waals surface area contributed by atoms with Crippen LogP contribution >= 0.6 is 0 Å². The Labute approximate surface area is 190 Å². The molecular weight excluding hydrogens is 420 g/mol. The first-order valence-corrected chi connectivity index (χ1v) is 11.0. The van der Waals surface area contributed by atoms with Crippen LogP contribution in [0.3, 0.4) is 0 Å². The molecule has 2 fully saturated rings. The average molecular weight is 444 g/mol. The van der Waals surface area contributed by atoms with Crippen LogP contribution in [0, 0.1) is 0 Å². The fourth-order valence-electron chi connectivity index (χ4n) is 4.54. The van der Waals surface area contributed by atoms with Crippen molar-refractivity contribution >= 4 is 34.4 Å². The number of rotatable bonds is 5. The highest BCUT2D eigenvalue weighted by molar-refractivity contribution is 6.11. The molecule has 0 aliphatic carbocycles. The van der Waals surface area contributed by atoms with E-state index in [1.54, 1.807) is 11.8 Å². The second-order valence-corrected chi connectivity index (χ2v) is 8.73. The molecular formula is C25H24N4O4. The number of aromatic amines is 1. The first-order valence-electron chi connectivity index (χ1n) is 11.0. The highest BCUT2D eigenvalue weighted by Gasteiger charge is 2.49. The van der Waals surface area contributed by atoms with E-state index in [4.69, 9.17) is 0 Å². The van der Waals surface area contributed by atoms with Gasteiger partial charge in [0.15, 0.2) is 5.78 Å². The van der Waals surface area contributed by atoms with Crippen molar-refractivity contribution in [2.24, 2.45) is 0 Å². The van der Waals surface area contributed by atoms with Crippen LogP contribution in [0.25, 0.3) is 10.8 Å². The molecule has 8 nitrogen and oxygen atoms in total. The zero-order valence-corrected chi connectivity index (χ0v) is 18.3. The van der Waals surface area contributed by atoms with Crippen LogP contribution in [0.1, 0.15) is 46.2 Å². The molecule has 0 radical (unpaired) electrons. The third kappa shape index (κ3) is 3.57. The number of hydrogen-bond donors (Lipinski definition) is 2. The minimum Gasteiger partial charge on any atom is -0.356 e. The minimum absolute atomic E-state index is 0.148. The molecule has 2 aliphatic heterocycles. The molecule has 2 aromatic carbocycles. The van der Waals surface area contributed by atoms with Crippen LogP contribution < -0.4 is 5.32 Å². The summed E-state index contributed by atoms with van der Waals surface area (Å²) in [5.74, 6) is -1.05. The van der Waals surface area contributed by atoms with Gasteiger partial charge in [0.05, 0.1) is 6.54 Å². The Morgan fingerprint density at radius 2 is 1.73 bits per heavy atom. The first-order chi connectivity index (χ1) is 15.9. The van der Waals surface area contributed by atoms with Gasteiger partial charge in [-0.2, -0.15) is 0 Å². The van der Waals surface area contributed by atoms with E-state index in [0.717, 1.165) is 28.5 Å². The molecule has 1 atom stereocenters. The molecule has 0 spiro atoms. The van der Waals surface area contributed by atoms with Gasteiger partial charge in [0.1, 0.15) is 11.2 Å². The predicted molar refractivity (Wildman–Crippen MR) is 122 cm³/mol. The lowest BCUT2D eigenvalue weighted by atomic mass is 9.90. The minimum atomic E-state index is -1.27. The number of urea groups is 1. The number of Topliss-reactive ketones (excluding diaryl/α,β-unsaturated/α-hetero) is 1. The normalized spacial score (nSPS) is 20.5. The van der Waals surface area contributed by atoms with E-state index in [1.807, 2.05) is 42.5 Å². The van der Waals surface area contributed by atoms with E-state index < -0.39 is 29.8 Å². The summed E-state index contributed by atoms with van der Waals surface area (Å²) in [6, 6.07) is 14.2. The van der Waals surface area contributed by atoms with Gasteiger partial charge in [0.2, 0.25) is 0 Å². The van der Waals surface area contributed by atoms with E-state index in [-0.39, 0.29) is 11.5 Å². The molecule has 168 valence electrons. The van der Waals surface area contributed by atoms with Crippen molar-refractivity contribution in [3.63, 3.8) is 0 Å². The summed E-state index contributed by atoms with van der Waals surface area (Å²) in [6.45, 7) is 2.65. The van der Waals surface area contributed by atoms with Crippen LogP contribution in [0.4, 0.5) is 4.79 Å². The van der Waals surface area contributed by atoms with Gasteiger partial charge in [-0.1, -0.05) is 36.4 Å². The number of fused-ring (bicyclic) bond motifs is 1. The van der Waals surface area contributed by atoms with Gasteiger partial charge in [-0.15, -0.1) is 0 Å². The molecule has 3 aromatic rings. The predicted octanol–water partition coefficient (Wildman–Crippen LogP) is 3.05. The van der Waals surface area contributed by atoms with Gasteiger partial charge in [-0.3, -0.25) is 19.3 Å². The Balaban J connectivity index is 1.34. The summed E-state index contributed by atoms with van der Waals surface area (Å²) in [6.07, 6.45) is 3.40. The maximum absolute atomic E-state index is 13.3. The van der Waals surface area contributed by atoms with Crippen LogP contribution in [0.15, 0.2) is 54.7 Å². The second-order valence-electron chi connectivity index (χ2n) is 8.73. The van der Waals surface area contributed by atoms with Crippen molar-refractivity contribution < 1.29 is 19.2 Å². The Hall–Kier alpha value is -3.94. The molecule has 1 unspecified atom stereocenters. The van der Waals surface area contributed by atoms with E-state index >= 15 is 0 Å². The number of carbonyl (C=O) groups excluding carboxylic acids is 4. The monoisotopic (exact) mass is 444 g/mol. The second kappa shape index (κ2) is 7.88. The maximum atomic E-state index is 13.3. The zero-order valence-electron chi connectivity index (χ0n) is 18.3. The number of hydrogen-bond acceptors (Lipinski definition) is 4. The van der Waals surface area contributed by atoms with Gasteiger partial charge in [0.25, 0.3) is 11.8 Å². The number of amides is 4. The van der Waals surface area contributed by atoms with Crippen LogP contribution in [0.5, 0.6) is 0 Å². The van der Waals surface area contributed by atoms with Crippen molar-refractivity contribution in [3.05, 3.63) is 71.5 Å². The van der Waals surface area contributed by atoms with Gasteiger partial charge in [-0.25, -0.2) is 4.79 Å². The van der Waals surface area contributed by atoms with Crippen LogP contribution in [-0.2, 0) is 10.3 Å². The highest BCUT2D eigenvalue weighted by Crippen LogP contribution is 2.31. The van der Waals surface area contributed by atoms with Crippen LogP contribution in [0.2, 0.25) is 0 Å². The topological polar surface area (TPSA) is 103 Å². The molecule has 8 heteroatoms. The number of nitrogens with one attached hydrogen (secondary N) is 2. The van der Waals surface area contributed by atoms with Gasteiger partial charge in [0, 0.05) is 24.8 Å². The Kier molecular flexibility index (Phi) is 5.00. The summed E-state index contributed by atoms with van der Waals surface area (Å²) in [5.41, 5.74) is -0.0262. The summed E-state index contributed by atoms with van der Waals surface area (Å²) >= 11 is 0. The molecule has 2 N–H and O–H groups in total. The largest absolute Gasteiger partial charge is 0.356 e. The molecule has 1 aromatic heterocycles. The molecule has 2 saturated heterocycles. The van der Waals surface area contributed by atoms with Crippen LogP contribution in [-0.4, -0.2) is 58.0 Å². The molecule has 5 rings (SSSR count). The SMILES string of the molecule is CC1(c2ccc3ccccc3c2)NC(=O)N(CC(=O)c2c[nH]c(C(=O)N3CCCC3)c2)C1=O. The summed E-state index contributed by atoms with van der Waals surface area (Å²) in [4.78, 5) is 56.8. The number of nitrogens with zero attached hydrogens (tertiary/aromatic N) is 2. The Bertz CT molecular complexity index is 1290. The third-order valence-electron chi connectivity index (χ3n) is 6.53. The standard InChI is InChI=1S/C25H24N4O4/c1-25(19-9-8-16-6-2-3-7-17(16)12-19)23(32)29(24(33)27-25)15-21(30)18-13-20(26-14-18)22(31)28-10-4-5-11-28/h2-3,6-9,12-14,26H,4-5,10-11,15H2,1H3,(H,27,33). The van der Waals surface area contributed by atoms with E-state index in [2.05, 4.69) is 10.3 Å². The van der Waals surface area contributed by atoms with Gasteiger partial charge >= 0.3 is 6.03 Å². The molecule has 3 heterocycles. The van der Waals surface area contributed by atoms with E-state index in [9.17, 15) is 19.2 Å². The first kappa shape index (κ1) is 20.9. The third-order valence-corrected chi connectivity index (χ3v) is 6.53. The number of carbonyl (C=O) groups is 4. The number of H-pyrrole nitrogens is 1. The summed E-state index contributed by atoms with van der Waals surface area (Å²) < 4.78 is 0. The lowest BCUT2D eigenvalue weighted by Crippen LogP contribution is -2.41. The molecule has 33 heavy (non-hydrogen) atoms. The maximum Gasteiger partial charge on any atom is 0.325 e. The number of benzene rings is 2.